The first-order chi connectivity index (χ1) is 12.6. The fourth-order valence-electron chi connectivity index (χ4n) is 2.78. The quantitative estimate of drug-likeness (QED) is 0.591. The second-order valence-corrected chi connectivity index (χ2v) is 7.05. The lowest BCUT2D eigenvalue weighted by molar-refractivity contribution is -0.122. The van der Waals surface area contributed by atoms with Crippen molar-refractivity contribution in [3.63, 3.8) is 0 Å². The minimum Gasteiger partial charge on any atom is -0.374 e. The number of hydrogen-bond donors (Lipinski definition) is 2. The molecule has 4 heteroatoms. The van der Waals surface area contributed by atoms with Crippen molar-refractivity contribution in [3.8, 4) is 0 Å². The molecular formula is C22H21BrN2O. The molecule has 0 saturated carbocycles. The van der Waals surface area contributed by atoms with Gasteiger partial charge in [-0.25, -0.2) is 0 Å². The predicted octanol–water partition coefficient (Wildman–Crippen LogP) is 5.16. The van der Waals surface area contributed by atoms with Crippen molar-refractivity contribution in [2.45, 2.75) is 19.0 Å². The first-order valence-corrected chi connectivity index (χ1v) is 9.35. The van der Waals surface area contributed by atoms with Gasteiger partial charge in [-0.05, 0) is 42.3 Å². The number of hydrogen-bond acceptors (Lipinski definition) is 2. The molecule has 0 heterocycles. The van der Waals surface area contributed by atoms with Gasteiger partial charge in [-0.1, -0.05) is 76.6 Å². The fraction of sp³-hybridized carbons (Fsp3) is 0.136. The van der Waals surface area contributed by atoms with E-state index in [-0.39, 0.29) is 18.0 Å². The minimum absolute atomic E-state index is 0.0503. The molecule has 3 aromatic carbocycles. The van der Waals surface area contributed by atoms with Crippen molar-refractivity contribution in [3.05, 3.63) is 101 Å². The number of carbonyl (C=O) groups excluding carboxylic acids is 1. The van der Waals surface area contributed by atoms with Gasteiger partial charge < -0.3 is 10.6 Å². The third kappa shape index (κ3) is 4.73. The SMILES string of the molecule is C[C@@H](Nc1ccc(Br)cc1)C(=O)NC(c1ccccc1)c1ccccc1. The molecule has 1 atom stereocenters. The minimum atomic E-state index is -0.355. The number of amides is 1. The van der Waals surface area contributed by atoms with Gasteiger partial charge >= 0.3 is 0 Å². The number of anilines is 1. The summed E-state index contributed by atoms with van der Waals surface area (Å²) in [5.74, 6) is -0.0503. The van der Waals surface area contributed by atoms with Crippen LogP contribution in [0.25, 0.3) is 0 Å². The zero-order chi connectivity index (χ0) is 18.4. The van der Waals surface area contributed by atoms with Crippen LogP contribution >= 0.6 is 15.9 Å². The van der Waals surface area contributed by atoms with E-state index in [1.54, 1.807) is 0 Å². The molecule has 0 bridgehead atoms. The van der Waals surface area contributed by atoms with E-state index >= 15 is 0 Å². The molecule has 0 aliphatic rings. The Morgan fingerprint density at radius 1 is 0.808 bits per heavy atom. The van der Waals surface area contributed by atoms with Crippen molar-refractivity contribution < 1.29 is 4.79 Å². The van der Waals surface area contributed by atoms with Gasteiger partial charge in [0.1, 0.15) is 6.04 Å². The monoisotopic (exact) mass is 408 g/mol. The zero-order valence-corrected chi connectivity index (χ0v) is 16.1. The van der Waals surface area contributed by atoms with Gasteiger partial charge in [-0.2, -0.15) is 0 Å². The van der Waals surface area contributed by atoms with Gasteiger partial charge in [-0.3, -0.25) is 4.79 Å². The summed E-state index contributed by atoms with van der Waals surface area (Å²) in [6, 6.07) is 27.3. The van der Waals surface area contributed by atoms with Crippen LogP contribution in [0, 0.1) is 0 Å². The lowest BCUT2D eigenvalue weighted by Crippen LogP contribution is -2.40. The van der Waals surface area contributed by atoms with E-state index in [0.717, 1.165) is 21.3 Å². The molecule has 3 aromatic rings. The molecule has 132 valence electrons. The second kappa shape index (κ2) is 8.68. The van der Waals surface area contributed by atoms with Gasteiger partial charge in [0.2, 0.25) is 5.91 Å². The molecule has 1 amide bonds. The third-order valence-corrected chi connectivity index (χ3v) is 4.70. The van der Waals surface area contributed by atoms with Gasteiger partial charge in [0.25, 0.3) is 0 Å². The summed E-state index contributed by atoms with van der Waals surface area (Å²) in [5, 5.41) is 6.41. The van der Waals surface area contributed by atoms with E-state index in [1.807, 2.05) is 91.9 Å². The van der Waals surface area contributed by atoms with Gasteiger partial charge in [0, 0.05) is 10.2 Å². The van der Waals surface area contributed by atoms with Crippen molar-refractivity contribution in [1.29, 1.82) is 0 Å². The highest BCUT2D eigenvalue weighted by Gasteiger charge is 2.20. The molecule has 3 rings (SSSR count). The highest BCUT2D eigenvalue weighted by molar-refractivity contribution is 9.10. The summed E-state index contributed by atoms with van der Waals surface area (Å²) < 4.78 is 1.01. The Balaban J connectivity index is 1.75. The summed E-state index contributed by atoms with van der Waals surface area (Å²) in [5.41, 5.74) is 3.03. The molecule has 0 aliphatic carbocycles. The first kappa shape index (κ1) is 18.2. The number of benzene rings is 3. The van der Waals surface area contributed by atoms with Crippen LogP contribution in [0.4, 0.5) is 5.69 Å². The van der Waals surface area contributed by atoms with Crippen LogP contribution in [0.2, 0.25) is 0 Å². The summed E-state index contributed by atoms with van der Waals surface area (Å²) in [6.07, 6.45) is 0. The van der Waals surface area contributed by atoms with Crippen LogP contribution in [-0.2, 0) is 4.79 Å². The Labute approximate surface area is 162 Å². The third-order valence-electron chi connectivity index (χ3n) is 4.17. The summed E-state index contributed by atoms with van der Waals surface area (Å²) in [4.78, 5) is 12.8. The number of halogens is 1. The maximum Gasteiger partial charge on any atom is 0.242 e. The van der Waals surface area contributed by atoms with Gasteiger partial charge in [-0.15, -0.1) is 0 Å². The smallest absolute Gasteiger partial charge is 0.242 e. The Bertz CT molecular complexity index is 796. The van der Waals surface area contributed by atoms with Crippen LogP contribution in [0.5, 0.6) is 0 Å². The van der Waals surface area contributed by atoms with Gasteiger partial charge in [0.05, 0.1) is 6.04 Å². The van der Waals surface area contributed by atoms with Crippen LogP contribution in [0.15, 0.2) is 89.4 Å². The maximum atomic E-state index is 12.8. The fourth-order valence-corrected chi connectivity index (χ4v) is 3.04. The Morgan fingerprint density at radius 3 is 1.81 bits per heavy atom. The molecule has 26 heavy (non-hydrogen) atoms. The molecule has 0 radical (unpaired) electrons. The average Bonchev–Trinajstić information content (AvgIpc) is 2.69. The van der Waals surface area contributed by atoms with E-state index in [1.165, 1.54) is 0 Å². The lowest BCUT2D eigenvalue weighted by Gasteiger charge is -2.23. The molecule has 0 aromatic heterocycles. The molecular weight excluding hydrogens is 388 g/mol. The van der Waals surface area contributed by atoms with E-state index in [0.29, 0.717) is 0 Å². The average molecular weight is 409 g/mol. The maximum absolute atomic E-state index is 12.8. The molecule has 0 unspecified atom stereocenters. The van der Waals surface area contributed by atoms with Crippen molar-refractivity contribution in [2.75, 3.05) is 5.32 Å². The lowest BCUT2D eigenvalue weighted by atomic mass is 9.98. The van der Waals surface area contributed by atoms with E-state index < -0.39 is 0 Å². The number of nitrogens with one attached hydrogen (secondary N) is 2. The van der Waals surface area contributed by atoms with Crippen LogP contribution < -0.4 is 10.6 Å². The summed E-state index contributed by atoms with van der Waals surface area (Å²) in [6.45, 7) is 1.87. The summed E-state index contributed by atoms with van der Waals surface area (Å²) in [7, 11) is 0. The van der Waals surface area contributed by atoms with Gasteiger partial charge in [0.15, 0.2) is 0 Å². The topological polar surface area (TPSA) is 41.1 Å². The number of carbonyl (C=O) groups is 1. The Kier molecular flexibility index (Phi) is 6.08. The van der Waals surface area contributed by atoms with Crippen LogP contribution in [0.3, 0.4) is 0 Å². The summed E-state index contributed by atoms with van der Waals surface area (Å²) >= 11 is 3.42. The molecule has 0 fully saturated rings. The molecule has 3 nitrogen and oxygen atoms in total. The molecule has 0 spiro atoms. The van der Waals surface area contributed by atoms with Crippen molar-refractivity contribution >= 4 is 27.5 Å². The van der Waals surface area contributed by atoms with Crippen molar-refractivity contribution in [1.82, 2.24) is 5.32 Å². The zero-order valence-electron chi connectivity index (χ0n) is 14.5. The normalized spacial score (nSPS) is 11.8. The van der Waals surface area contributed by atoms with E-state index in [9.17, 15) is 4.79 Å². The first-order valence-electron chi connectivity index (χ1n) is 8.56. The Hall–Kier alpha value is -2.59. The van der Waals surface area contributed by atoms with Crippen LogP contribution in [-0.4, -0.2) is 11.9 Å². The predicted molar refractivity (Wildman–Crippen MR) is 110 cm³/mol. The second-order valence-electron chi connectivity index (χ2n) is 6.14. The molecule has 0 aliphatic heterocycles. The molecule has 0 saturated heterocycles. The highest BCUT2D eigenvalue weighted by Crippen LogP contribution is 2.22. The number of rotatable bonds is 6. The standard InChI is InChI=1S/C22H21BrN2O/c1-16(24-20-14-12-19(23)13-15-20)22(26)25-21(17-8-4-2-5-9-17)18-10-6-3-7-11-18/h2-16,21,24H,1H3,(H,25,26)/t16-/m1/s1. The van der Waals surface area contributed by atoms with E-state index in [2.05, 4.69) is 26.6 Å². The van der Waals surface area contributed by atoms with E-state index in [4.69, 9.17) is 0 Å². The highest BCUT2D eigenvalue weighted by atomic mass is 79.9. The Morgan fingerprint density at radius 2 is 1.31 bits per heavy atom. The van der Waals surface area contributed by atoms with Crippen molar-refractivity contribution in [2.24, 2.45) is 0 Å². The molecule has 2 N–H and O–H groups in total. The van der Waals surface area contributed by atoms with Crippen LogP contribution in [0.1, 0.15) is 24.1 Å². The largest absolute Gasteiger partial charge is 0.374 e.